The van der Waals surface area contributed by atoms with Gasteiger partial charge in [-0.05, 0) is 51.7 Å². The standard InChI is InChI=1S/C14H12BrCl2NO/c1-19-14-3-2-9(6-11(14)15)12(16)7-10-4-5-18-8-13(10)17/h2-6,8,12H,7H2,1H3. The van der Waals surface area contributed by atoms with Gasteiger partial charge in [-0.25, -0.2) is 0 Å². The van der Waals surface area contributed by atoms with Crippen molar-refractivity contribution in [2.24, 2.45) is 0 Å². The van der Waals surface area contributed by atoms with Gasteiger partial charge in [0.15, 0.2) is 0 Å². The molecule has 0 aliphatic heterocycles. The molecule has 0 radical (unpaired) electrons. The SMILES string of the molecule is COc1ccc(C(Cl)Cc2ccncc2Cl)cc1Br. The van der Waals surface area contributed by atoms with Gasteiger partial charge in [0, 0.05) is 12.4 Å². The van der Waals surface area contributed by atoms with Crippen LogP contribution in [0.25, 0.3) is 0 Å². The van der Waals surface area contributed by atoms with E-state index in [2.05, 4.69) is 20.9 Å². The molecule has 0 saturated carbocycles. The number of benzene rings is 1. The molecule has 0 N–H and O–H groups in total. The van der Waals surface area contributed by atoms with Gasteiger partial charge in [-0.15, -0.1) is 11.6 Å². The first-order valence-electron chi connectivity index (χ1n) is 5.67. The highest BCUT2D eigenvalue weighted by molar-refractivity contribution is 9.10. The van der Waals surface area contributed by atoms with Gasteiger partial charge in [-0.3, -0.25) is 4.98 Å². The van der Waals surface area contributed by atoms with E-state index in [1.54, 1.807) is 19.5 Å². The van der Waals surface area contributed by atoms with Crippen molar-refractivity contribution in [3.8, 4) is 5.75 Å². The molecule has 0 bridgehead atoms. The average Bonchev–Trinajstić information content (AvgIpc) is 2.41. The van der Waals surface area contributed by atoms with Crippen molar-refractivity contribution in [1.29, 1.82) is 0 Å². The van der Waals surface area contributed by atoms with E-state index >= 15 is 0 Å². The second-order valence-corrected chi connectivity index (χ2v) is 5.82. The van der Waals surface area contributed by atoms with Crippen LogP contribution in [0, 0.1) is 0 Å². The molecule has 1 heterocycles. The molecule has 0 spiro atoms. The molecular weight excluding hydrogens is 349 g/mol. The number of hydrogen-bond donors (Lipinski definition) is 0. The first kappa shape index (κ1) is 14.6. The quantitative estimate of drug-likeness (QED) is 0.713. The highest BCUT2D eigenvalue weighted by Gasteiger charge is 2.13. The zero-order valence-corrected chi connectivity index (χ0v) is 13.3. The van der Waals surface area contributed by atoms with Gasteiger partial charge in [-0.2, -0.15) is 0 Å². The first-order chi connectivity index (χ1) is 9.11. The topological polar surface area (TPSA) is 22.1 Å². The summed E-state index contributed by atoms with van der Waals surface area (Å²) in [4.78, 5) is 3.96. The summed E-state index contributed by atoms with van der Waals surface area (Å²) in [6.45, 7) is 0. The number of rotatable bonds is 4. The van der Waals surface area contributed by atoms with E-state index in [-0.39, 0.29) is 5.38 Å². The lowest BCUT2D eigenvalue weighted by molar-refractivity contribution is 0.412. The molecule has 1 aromatic heterocycles. The number of hydrogen-bond acceptors (Lipinski definition) is 2. The van der Waals surface area contributed by atoms with Crippen molar-refractivity contribution in [2.45, 2.75) is 11.8 Å². The number of pyridine rings is 1. The smallest absolute Gasteiger partial charge is 0.133 e. The predicted molar refractivity (Wildman–Crippen MR) is 82.2 cm³/mol. The summed E-state index contributed by atoms with van der Waals surface area (Å²) < 4.78 is 6.09. The number of halogens is 3. The summed E-state index contributed by atoms with van der Waals surface area (Å²) in [5.74, 6) is 0.787. The van der Waals surface area contributed by atoms with Gasteiger partial charge in [0.2, 0.25) is 0 Å². The zero-order valence-electron chi connectivity index (χ0n) is 10.2. The minimum absolute atomic E-state index is 0.151. The maximum absolute atomic E-state index is 6.44. The van der Waals surface area contributed by atoms with Gasteiger partial charge < -0.3 is 4.74 Å². The molecule has 0 amide bonds. The number of nitrogens with zero attached hydrogens (tertiary/aromatic N) is 1. The minimum Gasteiger partial charge on any atom is -0.496 e. The maximum atomic E-state index is 6.44. The molecule has 1 unspecified atom stereocenters. The third kappa shape index (κ3) is 3.62. The Labute approximate surface area is 130 Å². The summed E-state index contributed by atoms with van der Waals surface area (Å²) in [7, 11) is 1.63. The van der Waals surface area contributed by atoms with Gasteiger partial charge in [0.25, 0.3) is 0 Å². The summed E-state index contributed by atoms with van der Waals surface area (Å²) in [6, 6.07) is 7.70. The van der Waals surface area contributed by atoms with Gasteiger partial charge in [-0.1, -0.05) is 17.7 Å². The van der Waals surface area contributed by atoms with E-state index in [9.17, 15) is 0 Å². The highest BCUT2D eigenvalue weighted by atomic mass is 79.9. The third-order valence-corrected chi connectivity index (χ3v) is 4.16. The second kappa shape index (κ2) is 6.60. The van der Waals surface area contributed by atoms with Crippen molar-refractivity contribution in [1.82, 2.24) is 4.98 Å². The molecule has 2 nitrogen and oxygen atoms in total. The lowest BCUT2D eigenvalue weighted by Gasteiger charge is -2.12. The van der Waals surface area contributed by atoms with Crippen molar-refractivity contribution in [3.63, 3.8) is 0 Å². The number of alkyl halides is 1. The summed E-state index contributed by atoms with van der Waals surface area (Å²) in [6.07, 6.45) is 4.00. The van der Waals surface area contributed by atoms with Crippen LogP contribution in [-0.4, -0.2) is 12.1 Å². The second-order valence-electron chi connectivity index (χ2n) is 4.03. The Balaban J connectivity index is 2.18. The summed E-state index contributed by atoms with van der Waals surface area (Å²) >= 11 is 16.0. The molecule has 5 heteroatoms. The van der Waals surface area contributed by atoms with Crippen LogP contribution >= 0.6 is 39.1 Å². The molecule has 2 aromatic rings. The zero-order chi connectivity index (χ0) is 13.8. The Bertz CT molecular complexity index is 577. The normalized spacial score (nSPS) is 12.2. The van der Waals surface area contributed by atoms with E-state index < -0.39 is 0 Å². The number of ether oxygens (including phenoxy) is 1. The largest absolute Gasteiger partial charge is 0.496 e. The Morgan fingerprint density at radius 1 is 1.37 bits per heavy atom. The Hall–Kier alpha value is -0.770. The Morgan fingerprint density at radius 2 is 2.16 bits per heavy atom. The van der Waals surface area contributed by atoms with Crippen molar-refractivity contribution < 1.29 is 4.74 Å². The lowest BCUT2D eigenvalue weighted by Crippen LogP contribution is -1.98. The fraction of sp³-hybridized carbons (Fsp3) is 0.214. The Kier molecular flexibility index (Phi) is 5.08. The predicted octanol–water partition coefficient (Wildman–Crippen LogP) is 5.03. The third-order valence-electron chi connectivity index (χ3n) is 2.79. The van der Waals surface area contributed by atoms with Crippen LogP contribution in [0.4, 0.5) is 0 Å². The van der Waals surface area contributed by atoms with Crippen LogP contribution in [0.15, 0.2) is 41.1 Å². The molecular formula is C14H12BrCl2NO. The van der Waals surface area contributed by atoms with Crippen LogP contribution in [0.1, 0.15) is 16.5 Å². The molecule has 2 rings (SSSR count). The fourth-order valence-electron chi connectivity index (χ4n) is 1.76. The van der Waals surface area contributed by atoms with Gasteiger partial charge in [0.05, 0.1) is 22.0 Å². The summed E-state index contributed by atoms with van der Waals surface area (Å²) in [5.41, 5.74) is 2.01. The van der Waals surface area contributed by atoms with Crippen molar-refractivity contribution >= 4 is 39.1 Å². The number of aromatic nitrogens is 1. The van der Waals surface area contributed by atoms with Crippen LogP contribution < -0.4 is 4.74 Å². The molecule has 0 aliphatic rings. The van der Waals surface area contributed by atoms with E-state index in [0.29, 0.717) is 11.4 Å². The molecule has 0 saturated heterocycles. The molecule has 0 aliphatic carbocycles. The minimum atomic E-state index is -0.151. The van der Waals surface area contributed by atoms with Crippen molar-refractivity contribution in [2.75, 3.05) is 7.11 Å². The molecule has 0 fully saturated rings. The maximum Gasteiger partial charge on any atom is 0.133 e. The van der Waals surface area contributed by atoms with Crippen molar-refractivity contribution in [3.05, 3.63) is 57.3 Å². The summed E-state index contributed by atoms with van der Waals surface area (Å²) in [5, 5.41) is 0.489. The van der Waals surface area contributed by atoms with Gasteiger partial charge in [0.1, 0.15) is 5.75 Å². The average molecular weight is 361 g/mol. The fourth-order valence-corrected chi connectivity index (χ4v) is 2.81. The van der Waals surface area contributed by atoms with Crippen LogP contribution in [0.2, 0.25) is 5.02 Å². The van der Waals surface area contributed by atoms with Crippen LogP contribution in [0.3, 0.4) is 0 Å². The first-order valence-corrected chi connectivity index (χ1v) is 7.28. The Morgan fingerprint density at radius 3 is 2.79 bits per heavy atom. The molecule has 1 aromatic carbocycles. The molecule has 100 valence electrons. The molecule has 1 atom stereocenters. The van der Waals surface area contributed by atoms with E-state index in [1.165, 1.54) is 0 Å². The highest BCUT2D eigenvalue weighted by Crippen LogP contribution is 2.33. The number of methoxy groups -OCH3 is 1. The molecule has 19 heavy (non-hydrogen) atoms. The van der Waals surface area contributed by atoms with Crippen LogP contribution in [0.5, 0.6) is 5.75 Å². The van der Waals surface area contributed by atoms with E-state index in [0.717, 1.165) is 21.3 Å². The lowest BCUT2D eigenvalue weighted by atomic mass is 10.0. The van der Waals surface area contributed by atoms with Crippen LogP contribution in [-0.2, 0) is 6.42 Å². The monoisotopic (exact) mass is 359 g/mol. The van der Waals surface area contributed by atoms with E-state index in [1.807, 2.05) is 24.3 Å². The van der Waals surface area contributed by atoms with Gasteiger partial charge >= 0.3 is 0 Å². The van der Waals surface area contributed by atoms with E-state index in [4.69, 9.17) is 27.9 Å².